The number of hydrogen-bond donors (Lipinski definition) is 0. The van der Waals surface area contributed by atoms with Gasteiger partial charge >= 0.3 is 0 Å². The first-order valence-corrected chi connectivity index (χ1v) is 12.8. The van der Waals surface area contributed by atoms with Gasteiger partial charge in [-0.2, -0.15) is 4.31 Å². The lowest BCUT2D eigenvalue weighted by Crippen LogP contribution is -2.40. The molecule has 1 unspecified atom stereocenters. The first-order chi connectivity index (χ1) is 14.5. The fraction of sp³-hybridized carbons (Fsp3) is 0.682. The van der Waals surface area contributed by atoms with Crippen LogP contribution in [-0.4, -0.2) is 65.6 Å². The Labute approximate surface area is 179 Å². The molecule has 0 bridgehead atoms. The quantitative estimate of drug-likeness (QED) is 0.642. The SMILES string of the molecule is CCn1c(CN(C2CC2)C(C)C2CC2)nc2cc(S(=O)(=O)N3CCOCC3)ccc21. The van der Waals surface area contributed by atoms with Crippen molar-refractivity contribution in [3.63, 3.8) is 0 Å². The van der Waals surface area contributed by atoms with E-state index in [9.17, 15) is 8.42 Å². The number of aromatic nitrogens is 2. The number of morpholine rings is 1. The molecule has 2 aromatic rings. The standard InChI is InChI=1S/C22H32N4O3S/c1-3-25-21-9-8-19(30(27,28)24-10-12-29-13-11-24)14-20(21)23-22(25)15-26(18-6-7-18)16(2)17-4-5-17/h8-9,14,16-18H,3-7,10-13,15H2,1-2H3. The summed E-state index contributed by atoms with van der Waals surface area (Å²) in [5.41, 5.74) is 1.79. The summed E-state index contributed by atoms with van der Waals surface area (Å²) in [5, 5.41) is 0. The summed E-state index contributed by atoms with van der Waals surface area (Å²) < 4.78 is 35.2. The Morgan fingerprint density at radius 2 is 1.93 bits per heavy atom. The van der Waals surface area contributed by atoms with E-state index in [-0.39, 0.29) is 0 Å². The highest BCUT2D eigenvalue weighted by Crippen LogP contribution is 2.40. The summed E-state index contributed by atoms with van der Waals surface area (Å²) in [6.45, 7) is 7.89. The zero-order valence-electron chi connectivity index (χ0n) is 18.0. The molecule has 2 heterocycles. The second-order valence-electron chi connectivity index (χ2n) is 8.92. The van der Waals surface area contributed by atoms with Crippen LogP contribution in [0.3, 0.4) is 0 Å². The van der Waals surface area contributed by atoms with Gasteiger partial charge in [-0.3, -0.25) is 4.90 Å². The summed E-state index contributed by atoms with van der Waals surface area (Å²) in [4.78, 5) is 7.89. The number of ether oxygens (including phenoxy) is 1. The van der Waals surface area contributed by atoms with Gasteiger partial charge in [-0.05, 0) is 63.6 Å². The molecule has 1 atom stereocenters. The highest BCUT2D eigenvalue weighted by molar-refractivity contribution is 7.89. The molecule has 0 amide bonds. The van der Waals surface area contributed by atoms with Crippen LogP contribution in [0.4, 0.5) is 0 Å². The summed E-state index contributed by atoms with van der Waals surface area (Å²) in [6.07, 6.45) is 5.26. The Morgan fingerprint density at radius 1 is 1.20 bits per heavy atom. The zero-order chi connectivity index (χ0) is 20.9. The third-order valence-electron chi connectivity index (χ3n) is 6.89. The van der Waals surface area contributed by atoms with Gasteiger partial charge in [-0.15, -0.1) is 0 Å². The number of sulfonamides is 1. The first kappa shape index (κ1) is 20.4. The molecule has 1 aromatic carbocycles. The van der Waals surface area contributed by atoms with Gasteiger partial charge in [0, 0.05) is 31.7 Å². The molecular formula is C22H32N4O3S. The van der Waals surface area contributed by atoms with Crippen LogP contribution in [0.15, 0.2) is 23.1 Å². The van der Waals surface area contributed by atoms with Crippen LogP contribution in [-0.2, 0) is 27.8 Å². The van der Waals surface area contributed by atoms with Crippen molar-refractivity contribution in [3.8, 4) is 0 Å². The molecule has 0 radical (unpaired) electrons. The van der Waals surface area contributed by atoms with Gasteiger partial charge in [0.25, 0.3) is 0 Å². The molecule has 7 nitrogen and oxygen atoms in total. The molecule has 3 aliphatic rings. The van der Waals surface area contributed by atoms with Crippen LogP contribution >= 0.6 is 0 Å². The normalized spacial score (nSPS) is 22.1. The molecule has 3 fully saturated rings. The van der Waals surface area contributed by atoms with E-state index >= 15 is 0 Å². The van der Waals surface area contributed by atoms with Gasteiger partial charge in [0.05, 0.1) is 35.7 Å². The molecule has 1 aliphatic heterocycles. The number of fused-ring (bicyclic) bond motifs is 1. The van der Waals surface area contributed by atoms with E-state index in [0.29, 0.717) is 43.3 Å². The Bertz CT molecular complexity index is 1020. The van der Waals surface area contributed by atoms with E-state index in [1.807, 2.05) is 6.07 Å². The molecule has 164 valence electrons. The molecule has 8 heteroatoms. The van der Waals surface area contributed by atoms with Gasteiger partial charge in [0.2, 0.25) is 10.0 Å². The lowest BCUT2D eigenvalue weighted by Gasteiger charge is -2.29. The Hall–Kier alpha value is -1.48. The van der Waals surface area contributed by atoms with Crippen LogP contribution in [0.2, 0.25) is 0 Å². The number of nitrogens with zero attached hydrogens (tertiary/aromatic N) is 4. The summed E-state index contributed by atoms with van der Waals surface area (Å²) in [7, 11) is -3.51. The van der Waals surface area contributed by atoms with Crippen molar-refractivity contribution in [2.45, 2.75) is 69.6 Å². The van der Waals surface area contributed by atoms with E-state index in [4.69, 9.17) is 9.72 Å². The summed E-state index contributed by atoms with van der Waals surface area (Å²) in [5.74, 6) is 1.88. The maximum Gasteiger partial charge on any atom is 0.243 e. The Kier molecular flexibility index (Phi) is 5.37. The minimum absolute atomic E-state index is 0.328. The number of benzene rings is 1. The highest BCUT2D eigenvalue weighted by atomic mass is 32.2. The van der Waals surface area contributed by atoms with Crippen molar-refractivity contribution in [1.82, 2.24) is 18.8 Å². The monoisotopic (exact) mass is 432 g/mol. The van der Waals surface area contributed by atoms with E-state index in [0.717, 1.165) is 35.9 Å². The van der Waals surface area contributed by atoms with Gasteiger partial charge < -0.3 is 9.30 Å². The number of aryl methyl sites for hydroxylation is 1. The minimum atomic E-state index is -3.51. The first-order valence-electron chi connectivity index (χ1n) is 11.3. The van der Waals surface area contributed by atoms with Crippen molar-refractivity contribution >= 4 is 21.1 Å². The van der Waals surface area contributed by atoms with E-state index in [1.54, 1.807) is 12.1 Å². The fourth-order valence-electron chi connectivity index (χ4n) is 4.75. The van der Waals surface area contributed by atoms with Crippen molar-refractivity contribution in [2.24, 2.45) is 5.92 Å². The predicted octanol–water partition coefficient (Wildman–Crippen LogP) is 2.84. The maximum absolute atomic E-state index is 13.1. The predicted molar refractivity (Wildman–Crippen MR) is 116 cm³/mol. The maximum atomic E-state index is 13.1. The van der Waals surface area contributed by atoms with E-state index < -0.39 is 10.0 Å². The van der Waals surface area contributed by atoms with Crippen LogP contribution in [0, 0.1) is 5.92 Å². The lowest BCUT2D eigenvalue weighted by atomic mass is 10.1. The fourth-order valence-corrected chi connectivity index (χ4v) is 6.18. The number of imidazole rings is 1. The second-order valence-corrected chi connectivity index (χ2v) is 10.9. The van der Waals surface area contributed by atoms with Crippen LogP contribution in [0.1, 0.15) is 45.4 Å². The average Bonchev–Trinajstić information content (AvgIpc) is 3.67. The van der Waals surface area contributed by atoms with Crippen molar-refractivity contribution in [1.29, 1.82) is 0 Å². The molecule has 0 spiro atoms. The second kappa shape index (κ2) is 7.89. The molecule has 1 aromatic heterocycles. The molecule has 2 aliphatic carbocycles. The third kappa shape index (κ3) is 3.79. The minimum Gasteiger partial charge on any atom is -0.379 e. The average molecular weight is 433 g/mol. The molecular weight excluding hydrogens is 400 g/mol. The highest BCUT2D eigenvalue weighted by Gasteiger charge is 2.39. The van der Waals surface area contributed by atoms with Crippen LogP contribution in [0.25, 0.3) is 11.0 Å². The van der Waals surface area contributed by atoms with Crippen molar-refractivity contribution in [3.05, 3.63) is 24.0 Å². The van der Waals surface area contributed by atoms with E-state index in [2.05, 4.69) is 23.3 Å². The van der Waals surface area contributed by atoms with Gasteiger partial charge in [-0.25, -0.2) is 13.4 Å². The van der Waals surface area contributed by atoms with Gasteiger partial charge in [0.15, 0.2) is 0 Å². The molecule has 2 saturated carbocycles. The van der Waals surface area contributed by atoms with Gasteiger partial charge in [0.1, 0.15) is 5.82 Å². The lowest BCUT2D eigenvalue weighted by molar-refractivity contribution is 0.0730. The van der Waals surface area contributed by atoms with Crippen molar-refractivity contribution < 1.29 is 13.2 Å². The molecule has 30 heavy (non-hydrogen) atoms. The van der Waals surface area contributed by atoms with E-state index in [1.165, 1.54) is 30.0 Å². The molecule has 0 N–H and O–H groups in total. The third-order valence-corrected chi connectivity index (χ3v) is 8.78. The topological polar surface area (TPSA) is 67.7 Å². The van der Waals surface area contributed by atoms with Crippen LogP contribution < -0.4 is 0 Å². The largest absolute Gasteiger partial charge is 0.379 e. The number of rotatable bonds is 8. The molecule has 1 saturated heterocycles. The summed E-state index contributed by atoms with van der Waals surface area (Å²) in [6, 6.07) is 6.69. The molecule has 5 rings (SSSR count). The van der Waals surface area contributed by atoms with Crippen molar-refractivity contribution in [2.75, 3.05) is 26.3 Å². The summed E-state index contributed by atoms with van der Waals surface area (Å²) >= 11 is 0. The Balaban J connectivity index is 1.46. The Morgan fingerprint density at radius 3 is 2.57 bits per heavy atom. The van der Waals surface area contributed by atoms with Gasteiger partial charge in [-0.1, -0.05) is 0 Å². The zero-order valence-corrected chi connectivity index (χ0v) is 18.8. The van der Waals surface area contributed by atoms with Crippen LogP contribution in [0.5, 0.6) is 0 Å². The smallest absolute Gasteiger partial charge is 0.243 e. The number of hydrogen-bond acceptors (Lipinski definition) is 5.